The summed E-state index contributed by atoms with van der Waals surface area (Å²) < 4.78 is 11.1. The third kappa shape index (κ3) is 2.93. The van der Waals surface area contributed by atoms with Crippen molar-refractivity contribution >= 4 is 29.0 Å². The fraction of sp³-hybridized carbons (Fsp3) is 0.353. The molecule has 1 fully saturated rings. The molecule has 1 aliphatic rings. The first kappa shape index (κ1) is 16.2. The highest BCUT2D eigenvalue weighted by molar-refractivity contribution is 8.02. The normalized spacial score (nSPS) is 23.6. The molecule has 1 aromatic heterocycles. The Balaban J connectivity index is 2.15. The number of amides is 1. The predicted octanol–water partition coefficient (Wildman–Crippen LogP) is 3.41. The molecule has 1 aliphatic heterocycles. The van der Waals surface area contributed by atoms with E-state index in [4.69, 9.17) is 9.47 Å². The molecule has 0 radical (unpaired) electrons. The van der Waals surface area contributed by atoms with Crippen molar-refractivity contribution in [3.63, 3.8) is 0 Å². The summed E-state index contributed by atoms with van der Waals surface area (Å²) in [5.41, 5.74) is 0.890. The molecule has 0 bridgehead atoms. The molecule has 2 heterocycles. The minimum Gasteiger partial charge on any atom is -0.496 e. The molecular weight excluding hydrogens is 330 g/mol. The van der Waals surface area contributed by atoms with Crippen molar-refractivity contribution in [1.82, 2.24) is 5.32 Å². The minimum atomic E-state index is -0.584. The number of thiophene rings is 1. The number of ether oxygens (including phenoxy) is 2. The zero-order valence-electron chi connectivity index (χ0n) is 13.3. The first-order valence-corrected chi connectivity index (χ1v) is 9.09. The minimum absolute atomic E-state index is 0.0412. The van der Waals surface area contributed by atoms with Gasteiger partial charge in [0.25, 0.3) is 0 Å². The molecule has 0 saturated carbocycles. The van der Waals surface area contributed by atoms with Gasteiger partial charge in [-0.25, -0.2) is 0 Å². The largest absolute Gasteiger partial charge is 0.496 e. The highest BCUT2D eigenvalue weighted by Crippen LogP contribution is 2.51. The van der Waals surface area contributed by atoms with Crippen molar-refractivity contribution in [3.05, 3.63) is 46.2 Å². The Hall–Kier alpha value is -1.66. The lowest BCUT2D eigenvalue weighted by atomic mass is 9.99. The van der Waals surface area contributed by atoms with Crippen molar-refractivity contribution in [2.75, 3.05) is 14.2 Å². The van der Waals surface area contributed by atoms with Gasteiger partial charge in [0.1, 0.15) is 16.4 Å². The highest BCUT2D eigenvalue weighted by Gasteiger charge is 2.48. The van der Waals surface area contributed by atoms with Crippen LogP contribution >= 0.6 is 23.1 Å². The van der Waals surface area contributed by atoms with E-state index in [2.05, 4.69) is 11.4 Å². The Morgan fingerprint density at radius 1 is 1.17 bits per heavy atom. The predicted molar refractivity (Wildman–Crippen MR) is 94.4 cm³/mol. The lowest BCUT2D eigenvalue weighted by molar-refractivity contribution is -0.120. The maximum atomic E-state index is 12.3. The van der Waals surface area contributed by atoms with E-state index in [1.165, 1.54) is 4.88 Å². The Labute approximate surface area is 144 Å². The molecule has 0 spiro atoms. The summed E-state index contributed by atoms with van der Waals surface area (Å²) in [7, 11) is 3.28. The van der Waals surface area contributed by atoms with Gasteiger partial charge in [0.2, 0.25) is 5.91 Å². The summed E-state index contributed by atoms with van der Waals surface area (Å²) in [5.74, 6) is 1.49. The molecule has 6 heteroatoms. The SMILES string of the molecule is COc1cccc(OC)c1C1(Cc2cccs2)NC(=O)C(C)S1. The summed E-state index contributed by atoms with van der Waals surface area (Å²) in [4.78, 5) is 12.9. The summed E-state index contributed by atoms with van der Waals surface area (Å²) in [6.07, 6.45) is 0.697. The Bertz CT molecular complexity index is 680. The molecule has 2 aromatic rings. The van der Waals surface area contributed by atoms with Crippen LogP contribution in [0.25, 0.3) is 0 Å². The van der Waals surface area contributed by atoms with Gasteiger partial charge in [-0.1, -0.05) is 12.1 Å². The molecule has 23 heavy (non-hydrogen) atoms. The first-order chi connectivity index (χ1) is 11.1. The van der Waals surface area contributed by atoms with Crippen molar-refractivity contribution in [1.29, 1.82) is 0 Å². The number of thioether (sulfide) groups is 1. The number of methoxy groups -OCH3 is 2. The second kappa shape index (κ2) is 6.45. The summed E-state index contributed by atoms with van der Waals surface area (Å²) in [5, 5.41) is 5.12. The van der Waals surface area contributed by atoms with E-state index in [1.807, 2.05) is 36.6 Å². The van der Waals surface area contributed by atoms with E-state index in [0.29, 0.717) is 6.42 Å². The first-order valence-electron chi connectivity index (χ1n) is 7.33. The molecule has 1 N–H and O–H groups in total. The van der Waals surface area contributed by atoms with Crippen LogP contribution in [-0.2, 0) is 16.1 Å². The van der Waals surface area contributed by atoms with E-state index in [0.717, 1.165) is 17.1 Å². The van der Waals surface area contributed by atoms with Gasteiger partial charge in [-0.2, -0.15) is 0 Å². The number of benzene rings is 1. The monoisotopic (exact) mass is 349 g/mol. The highest BCUT2D eigenvalue weighted by atomic mass is 32.2. The lowest BCUT2D eigenvalue weighted by Crippen LogP contribution is -2.39. The van der Waals surface area contributed by atoms with Crippen LogP contribution in [0.15, 0.2) is 35.7 Å². The quantitative estimate of drug-likeness (QED) is 0.899. The number of nitrogens with one attached hydrogen (secondary N) is 1. The van der Waals surface area contributed by atoms with Gasteiger partial charge in [0.15, 0.2) is 0 Å². The molecular formula is C17H19NO3S2. The van der Waals surface area contributed by atoms with E-state index < -0.39 is 4.87 Å². The van der Waals surface area contributed by atoms with Crippen LogP contribution in [-0.4, -0.2) is 25.4 Å². The third-order valence-electron chi connectivity index (χ3n) is 3.91. The fourth-order valence-electron chi connectivity index (χ4n) is 2.89. The number of rotatable bonds is 5. The van der Waals surface area contributed by atoms with Gasteiger partial charge >= 0.3 is 0 Å². The Morgan fingerprint density at radius 2 is 1.87 bits per heavy atom. The Morgan fingerprint density at radius 3 is 2.35 bits per heavy atom. The van der Waals surface area contributed by atoms with Crippen LogP contribution < -0.4 is 14.8 Å². The molecule has 4 nitrogen and oxygen atoms in total. The van der Waals surface area contributed by atoms with E-state index in [-0.39, 0.29) is 11.2 Å². The zero-order valence-corrected chi connectivity index (χ0v) is 14.9. The number of carbonyl (C=O) groups excluding carboxylic acids is 1. The van der Waals surface area contributed by atoms with E-state index in [1.54, 1.807) is 37.3 Å². The van der Waals surface area contributed by atoms with Crippen LogP contribution in [0.2, 0.25) is 0 Å². The maximum Gasteiger partial charge on any atom is 0.234 e. The van der Waals surface area contributed by atoms with Gasteiger partial charge < -0.3 is 14.8 Å². The second-order valence-corrected chi connectivity index (χ2v) is 8.04. The molecule has 1 amide bonds. The standard InChI is InChI=1S/C17H19NO3S2/c1-11-16(19)18-17(23-11,10-12-6-5-9-22-12)15-13(20-2)7-4-8-14(15)21-3/h4-9,11H,10H2,1-3H3,(H,18,19). The van der Waals surface area contributed by atoms with Crippen molar-refractivity contribution in [2.24, 2.45) is 0 Å². The molecule has 1 aromatic carbocycles. The van der Waals surface area contributed by atoms with Gasteiger partial charge in [-0.05, 0) is 30.5 Å². The van der Waals surface area contributed by atoms with Gasteiger partial charge in [0.05, 0.1) is 25.0 Å². The molecule has 1 saturated heterocycles. The topological polar surface area (TPSA) is 47.6 Å². The average Bonchev–Trinajstić information content (AvgIpc) is 3.15. The molecule has 122 valence electrons. The fourth-order valence-corrected chi connectivity index (χ4v) is 5.26. The number of carbonyl (C=O) groups is 1. The van der Waals surface area contributed by atoms with Crippen LogP contribution in [0.1, 0.15) is 17.4 Å². The summed E-state index contributed by atoms with van der Waals surface area (Å²) in [6, 6.07) is 9.82. The second-order valence-electron chi connectivity index (χ2n) is 5.37. The summed E-state index contributed by atoms with van der Waals surface area (Å²) >= 11 is 3.30. The smallest absolute Gasteiger partial charge is 0.234 e. The third-order valence-corrected chi connectivity index (χ3v) is 6.20. The van der Waals surface area contributed by atoms with Crippen LogP contribution in [0.5, 0.6) is 11.5 Å². The van der Waals surface area contributed by atoms with Crippen molar-refractivity contribution in [3.8, 4) is 11.5 Å². The zero-order chi connectivity index (χ0) is 16.4. The van der Waals surface area contributed by atoms with E-state index in [9.17, 15) is 4.79 Å². The van der Waals surface area contributed by atoms with Crippen LogP contribution in [0.4, 0.5) is 0 Å². The van der Waals surface area contributed by atoms with Gasteiger partial charge in [-0.3, -0.25) is 4.79 Å². The molecule has 2 unspecified atom stereocenters. The Kier molecular flexibility index (Phi) is 4.55. The van der Waals surface area contributed by atoms with Crippen molar-refractivity contribution in [2.45, 2.75) is 23.5 Å². The molecule has 2 atom stereocenters. The van der Waals surface area contributed by atoms with E-state index >= 15 is 0 Å². The summed E-state index contributed by atoms with van der Waals surface area (Å²) in [6.45, 7) is 1.93. The maximum absolute atomic E-state index is 12.3. The molecule has 3 rings (SSSR count). The van der Waals surface area contributed by atoms with Gasteiger partial charge in [0, 0.05) is 11.3 Å². The van der Waals surface area contributed by atoms with Crippen LogP contribution in [0.3, 0.4) is 0 Å². The molecule has 0 aliphatic carbocycles. The lowest BCUT2D eigenvalue weighted by Gasteiger charge is -2.31. The number of hydrogen-bond donors (Lipinski definition) is 1. The number of hydrogen-bond acceptors (Lipinski definition) is 5. The van der Waals surface area contributed by atoms with Gasteiger partial charge in [-0.15, -0.1) is 23.1 Å². The van der Waals surface area contributed by atoms with Crippen molar-refractivity contribution < 1.29 is 14.3 Å². The average molecular weight is 349 g/mol. The van der Waals surface area contributed by atoms with Crippen LogP contribution in [0, 0.1) is 0 Å².